The Morgan fingerprint density at radius 3 is 2.50 bits per heavy atom. The van der Waals surface area contributed by atoms with Gasteiger partial charge in [0.15, 0.2) is 0 Å². The highest BCUT2D eigenvalue weighted by atomic mass is 16.5. The van der Waals surface area contributed by atoms with E-state index in [9.17, 15) is 14.4 Å². The minimum atomic E-state index is -0.677. The molecule has 0 saturated carbocycles. The van der Waals surface area contributed by atoms with Crippen LogP contribution < -0.4 is 17.0 Å². The van der Waals surface area contributed by atoms with Gasteiger partial charge in [-0.1, -0.05) is 43.7 Å². The number of hydrogen-bond acceptors (Lipinski definition) is 6. The number of benzene rings is 2. The van der Waals surface area contributed by atoms with E-state index in [-0.39, 0.29) is 18.7 Å². The second-order valence-corrected chi connectivity index (χ2v) is 8.94. The van der Waals surface area contributed by atoms with E-state index >= 15 is 0 Å². The molecule has 0 aliphatic rings. The lowest BCUT2D eigenvalue weighted by Gasteiger charge is -2.14. The van der Waals surface area contributed by atoms with Crippen LogP contribution in [-0.2, 0) is 29.0 Å². The lowest BCUT2D eigenvalue weighted by molar-refractivity contribution is -0.145. The molecule has 36 heavy (non-hydrogen) atoms. The number of carbonyl (C=O) groups is 1. The molecule has 4 aromatic rings. The molecule has 1 N–H and O–H groups in total. The van der Waals surface area contributed by atoms with Crippen molar-refractivity contribution in [1.29, 1.82) is 0 Å². The van der Waals surface area contributed by atoms with Gasteiger partial charge in [-0.2, -0.15) is 0 Å². The fourth-order valence-electron chi connectivity index (χ4n) is 4.16. The number of hydrogen-bond donors (Lipinski definition) is 1. The number of fused-ring (bicyclic) bond motifs is 1. The van der Waals surface area contributed by atoms with Crippen LogP contribution in [0.15, 0.2) is 61.5 Å². The van der Waals surface area contributed by atoms with Crippen molar-refractivity contribution in [2.24, 2.45) is 10.9 Å². The van der Waals surface area contributed by atoms with Gasteiger partial charge < -0.3 is 9.15 Å². The average molecular weight is 491 g/mol. The standard InChI is InChI=1S/C27H30N4O5/c1-6-22-18(4)21-13-20(11-12-23(21)36-22)28-25-29-26(33)31(14-17(3)24(32)35-5)27(34)30(25)15-19-9-7-16(2)8-10-19/h7-13,17H,6,14-15H2,1-5H3,(H,28,29,33)/t17-/m0/s1. The molecule has 0 radical (unpaired) electrons. The highest BCUT2D eigenvalue weighted by Crippen LogP contribution is 2.29. The maximum absolute atomic E-state index is 13.5. The van der Waals surface area contributed by atoms with E-state index in [1.54, 1.807) is 13.0 Å². The SMILES string of the molecule is CCc1oc2ccc(/N=c3\[nH]c(=O)n(C[C@H](C)C(=O)OC)c(=O)n3Cc3ccc(C)cc3)cc2c1C. The summed E-state index contributed by atoms with van der Waals surface area (Å²) in [5.41, 5.74) is 3.23. The third kappa shape index (κ3) is 4.95. The molecule has 0 aliphatic carbocycles. The smallest absolute Gasteiger partial charge is 0.335 e. The fourth-order valence-corrected chi connectivity index (χ4v) is 4.16. The first-order chi connectivity index (χ1) is 17.2. The first-order valence-corrected chi connectivity index (χ1v) is 11.9. The third-order valence-corrected chi connectivity index (χ3v) is 6.28. The summed E-state index contributed by atoms with van der Waals surface area (Å²) in [6.07, 6.45) is 0.777. The highest BCUT2D eigenvalue weighted by Gasteiger charge is 2.18. The van der Waals surface area contributed by atoms with E-state index in [1.165, 1.54) is 11.7 Å². The van der Waals surface area contributed by atoms with Crippen molar-refractivity contribution in [2.45, 2.75) is 47.2 Å². The number of ether oxygens (including phenoxy) is 1. The number of nitrogens with zero attached hydrogens (tertiary/aromatic N) is 3. The van der Waals surface area contributed by atoms with E-state index in [2.05, 4.69) is 9.98 Å². The van der Waals surface area contributed by atoms with Crippen molar-refractivity contribution < 1.29 is 13.9 Å². The molecule has 0 saturated heterocycles. The Morgan fingerprint density at radius 1 is 1.11 bits per heavy atom. The molecular weight excluding hydrogens is 460 g/mol. The number of rotatable bonds is 7. The number of esters is 1. The molecule has 0 aliphatic heterocycles. The molecule has 0 spiro atoms. The van der Waals surface area contributed by atoms with Crippen LogP contribution in [0.4, 0.5) is 5.69 Å². The summed E-state index contributed by atoms with van der Waals surface area (Å²) in [5.74, 6) is -0.272. The van der Waals surface area contributed by atoms with Crippen LogP contribution >= 0.6 is 0 Å². The lowest BCUT2D eigenvalue weighted by Crippen LogP contribution is -2.51. The van der Waals surface area contributed by atoms with Crippen molar-refractivity contribution in [1.82, 2.24) is 14.1 Å². The summed E-state index contributed by atoms with van der Waals surface area (Å²) in [7, 11) is 1.27. The topological polar surface area (TPSA) is 112 Å². The van der Waals surface area contributed by atoms with Crippen LogP contribution in [0.1, 0.15) is 36.3 Å². The van der Waals surface area contributed by atoms with Gasteiger partial charge in [-0.15, -0.1) is 0 Å². The number of furan rings is 1. The number of H-pyrrole nitrogens is 1. The first kappa shape index (κ1) is 25.0. The Hall–Kier alpha value is -4.14. The van der Waals surface area contributed by atoms with E-state index in [0.717, 1.165) is 44.4 Å². The summed E-state index contributed by atoms with van der Waals surface area (Å²) < 4.78 is 13.1. The zero-order chi connectivity index (χ0) is 26.0. The number of carbonyl (C=O) groups excluding carboxylic acids is 1. The number of aryl methyl sites for hydroxylation is 3. The van der Waals surface area contributed by atoms with Crippen LogP contribution in [0.3, 0.4) is 0 Å². The largest absolute Gasteiger partial charge is 0.469 e. The zero-order valence-electron chi connectivity index (χ0n) is 21.1. The Labute approximate surface area is 207 Å². The number of aromatic amines is 1. The maximum Gasteiger partial charge on any atom is 0.335 e. The van der Waals surface area contributed by atoms with Crippen molar-refractivity contribution in [2.75, 3.05) is 7.11 Å². The van der Waals surface area contributed by atoms with E-state index < -0.39 is 23.3 Å². The summed E-state index contributed by atoms with van der Waals surface area (Å²) in [6.45, 7) is 7.69. The molecule has 188 valence electrons. The molecule has 0 unspecified atom stereocenters. The normalized spacial score (nSPS) is 12.8. The molecule has 1 atom stereocenters. The molecule has 0 bridgehead atoms. The highest BCUT2D eigenvalue weighted by molar-refractivity contribution is 5.84. The minimum absolute atomic E-state index is 0.115. The van der Waals surface area contributed by atoms with Gasteiger partial charge in [0.2, 0.25) is 5.62 Å². The summed E-state index contributed by atoms with van der Waals surface area (Å²) in [4.78, 5) is 45.7. The monoisotopic (exact) mass is 490 g/mol. The van der Waals surface area contributed by atoms with Gasteiger partial charge in [0.25, 0.3) is 0 Å². The van der Waals surface area contributed by atoms with Crippen molar-refractivity contribution in [3.05, 3.63) is 91.5 Å². The van der Waals surface area contributed by atoms with Gasteiger partial charge in [0.1, 0.15) is 11.3 Å². The maximum atomic E-state index is 13.5. The molecular formula is C27H30N4O5. The van der Waals surface area contributed by atoms with Crippen molar-refractivity contribution in [3.63, 3.8) is 0 Å². The van der Waals surface area contributed by atoms with Gasteiger partial charge in [-0.3, -0.25) is 14.3 Å². The quantitative estimate of drug-likeness (QED) is 0.399. The van der Waals surface area contributed by atoms with Gasteiger partial charge in [-0.25, -0.2) is 19.1 Å². The third-order valence-electron chi connectivity index (χ3n) is 6.28. The summed E-state index contributed by atoms with van der Waals surface area (Å²) in [5, 5.41) is 0.931. The van der Waals surface area contributed by atoms with Crippen molar-refractivity contribution in [3.8, 4) is 0 Å². The van der Waals surface area contributed by atoms with Crippen LogP contribution in [0.25, 0.3) is 11.0 Å². The van der Waals surface area contributed by atoms with E-state index in [4.69, 9.17) is 9.15 Å². The van der Waals surface area contributed by atoms with Crippen LogP contribution in [0.2, 0.25) is 0 Å². The van der Waals surface area contributed by atoms with Crippen LogP contribution in [0.5, 0.6) is 0 Å². The molecule has 9 heteroatoms. The number of methoxy groups -OCH3 is 1. The summed E-state index contributed by atoms with van der Waals surface area (Å²) in [6, 6.07) is 13.3. The van der Waals surface area contributed by atoms with E-state index in [1.807, 2.05) is 57.2 Å². The predicted octanol–water partition coefficient (Wildman–Crippen LogP) is 3.35. The van der Waals surface area contributed by atoms with Crippen LogP contribution in [-0.4, -0.2) is 27.2 Å². The minimum Gasteiger partial charge on any atom is -0.469 e. The Kier molecular flexibility index (Phi) is 7.10. The Balaban J connectivity index is 1.88. The second kappa shape index (κ2) is 10.2. The molecule has 0 fully saturated rings. The molecule has 4 rings (SSSR count). The van der Waals surface area contributed by atoms with E-state index in [0.29, 0.717) is 5.69 Å². The number of nitrogens with one attached hydrogen (secondary N) is 1. The predicted molar refractivity (Wildman–Crippen MR) is 136 cm³/mol. The Morgan fingerprint density at radius 2 is 1.83 bits per heavy atom. The van der Waals surface area contributed by atoms with Crippen molar-refractivity contribution >= 4 is 22.6 Å². The number of aromatic nitrogens is 3. The van der Waals surface area contributed by atoms with Gasteiger partial charge in [-0.05, 0) is 43.2 Å². The molecule has 2 aromatic heterocycles. The first-order valence-electron chi connectivity index (χ1n) is 11.9. The molecule has 2 heterocycles. The van der Waals surface area contributed by atoms with Crippen LogP contribution in [0, 0.1) is 19.8 Å². The van der Waals surface area contributed by atoms with Gasteiger partial charge >= 0.3 is 17.3 Å². The zero-order valence-corrected chi connectivity index (χ0v) is 21.1. The molecule has 2 aromatic carbocycles. The Bertz CT molecular complexity index is 1600. The lowest BCUT2D eigenvalue weighted by atomic mass is 10.1. The average Bonchev–Trinajstić information content (AvgIpc) is 3.19. The molecule has 9 nitrogen and oxygen atoms in total. The summed E-state index contributed by atoms with van der Waals surface area (Å²) >= 11 is 0. The molecule has 0 amide bonds. The second-order valence-electron chi connectivity index (χ2n) is 8.94. The van der Waals surface area contributed by atoms with Gasteiger partial charge in [0.05, 0.1) is 25.3 Å². The fraction of sp³-hybridized carbons (Fsp3) is 0.333. The van der Waals surface area contributed by atoms with Gasteiger partial charge in [0, 0.05) is 18.4 Å².